The first kappa shape index (κ1) is 13.9. The number of pyridine rings is 1. The summed E-state index contributed by atoms with van der Waals surface area (Å²) in [6.07, 6.45) is 1.88. The van der Waals surface area contributed by atoms with Crippen molar-refractivity contribution in [1.29, 1.82) is 0 Å². The Morgan fingerprint density at radius 2 is 1.68 bits per heavy atom. The SMILES string of the molecule is CC1(C)c2cc[c-]c3c4ncccc4c4cccc1c4c23.[Ir]. The number of nitrogens with zero attached hydrogens (tertiary/aromatic N) is 1. The van der Waals surface area contributed by atoms with Gasteiger partial charge in [0, 0.05) is 26.3 Å². The van der Waals surface area contributed by atoms with E-state index in [1.54, 1.807) is 0 Å². The van der Waals surface area contributed by atoms with E-state index in [-0.39, 0.29) is 25.5 Å². The molecular formula is C20H14IrN-. The topological polar surface area (TPSA) is 12.9 Å². The molecule has 1 aliphatic carbocycles. The summed E-state index contributed by atoms with van der Waals surface area (Å²) in [5.74, 6) is 0. The second kappa shape index (κ2) is 4.38. The fourth-order valence-electron chi connectivity index (χ4n) is 4.00. The third-order valence-electron chi connectivity index (χ3n) is 4.99. The molecule has 0 amide bonds. The minimum absolute atomic E-state index is 0. The van der Waals surface area contributed by atoms with Crippen LogP contribution in [0.4, 0.5) is 0 Å². The molecule has 3 aromatic carbocycles. The van der Waals surface area contributed by atoms with Crippen molar-refractivity contribution in [3.63, 3.8) is 0 Å². The Morgan fingerprint density at radius 3 is 2.55 bits per heavy atom. The molecule has 5 rings (SSSR count). The molecule has 0 atom stereocenters. The smallest absolute Gasteiger partial charge is 0.0161 e. The van der Waals surface area contributed by atoms with Gasteiger partial charge in [0.1, 0.15) is 0 Å². The van der Waals surface area contributed by atoms with E-state index in [0.29, 0.717) is 0 Å². The van der Waals surface area contributed by atoms with Crippen LogP contribution in [0.2, 0.25) is 0 Å². The van der Waals surface area contributed by atoms with Crippen molar-refractivity contribution < 1.29 is 20.1 Å². The van der Waals surface area contributed by atoms with E-state index in [1.165, 1.54) is 32.7 Å². The summed E-state index contributed by atoms with van der Waals surface area (Å²) in [5, 5.41) is 6.44. The molecule has 1 heterocycles. The monoisotopic (exact) mass is 461 g/mol. The molecule has 0 bridgehead atoms. The second-order valence-corrected chi connectivity index (χ2v) is 6.39. The Bertz CT molecular complexity index is 979. The predicted octanol–water partition coefficient (Wildman–Crippen LogP) is 4.98. The van der Waals surface area contributed by atoms with Crippen LogP contribution in [0, 0.1) is 6.07 Å². The average molecular weight is 461 g/mol. The summed E-state index contributed by atoms with van der Waals surface area (Å²) >= 11 is 0. The van der Waals surface area contributed by atoms with Crippen molar-refractivity contribution in [3.05, 3.63) is 65.9 Å². The summed E-state index contributed by atoms with van der Waals surface area (Å²) < 4.78 is 0. The van der Waals surface area contributed by atoms with Gasteiger partial charge in [0.15, 0.2) is 0 Å². The molecule has 0 unspecified atom stereocenters. The van der Waals surface area contributed by atoms with E-state index < -0.39 is 0 Å². The Balaban J connectivity index is 0.00000125. The van der Waals surface area contributed by atoms with Gasteiger partial charge in [0.05, 0.1) is 0 Å². The van der Waals surface area contributed by atoms with Gasteiger partial charge in [-0.05, 0) is 38.7 Å². The fourth-order valence-corrected chi connectivity index (χ4v) is 4.00. The number of fused-ring (bicyclic) bond motifs is 3. The quantitative estimate of drug-likeness (QED) is 0.267. The molecule has 2 heteroatoms. The minimum atomic E-state index is 0. The van der Waals surface area contributed by atoms with Crippen LogP contribution in [-0.4, -0.2) is 4.98 Å². The molecule has 4 aromatic rings. The van der Waals surface area contributed by atoms with E-state index >= 15 is 0 Å². The van der Waals surface area contributed by atoms with Crippen LogP contribution in [0.15, 0.2) is 48.7 Å². The van der Waals surface area contributed by atoms with Crippen LogP contribution in [0.1, 0.15) is 25.0 Å². The minimum Gasteiger partial charge on any atom is -0.304 e. The number of aromatic nitrogens is 1. The van der Waals surface area contributed by atoms with Crippen molar-refractivity contribution in [3.8, 4) is 0 Å². The Labute approximate surface area is 142 Å². The molecule has 0 saturated carbocycles. The van der Waals surface area contributed by atoms with Crippen LogP contribution in [0.25, 0.3) is 32.4 Å². The summed E-state index contributed by atoms with van der Waals surface area (Å²) in [4.78, 5) is 4.64. The maximum absolute atomic E-state index is 4.64. The number of benzene rings is 3. The molecular weight excluding hydrogens is 446 g/mol. The average Bonchev–Trinajstić information content (AvgIpc) is 2.76. The summed E-state index contributed by atoms with van der Waals surface area (Å²) in [6, 6.07) is 18.6. The molecule has 1 radical (unpaired) electrons. The van der Waals surface area contributed by atoms with Crippen molar-refractivity contribution in [2.24, 2.45) is 0 Å². The second-order valence-electron chi connectivity index (χ2n) is 6.39. The third-order valence-corrected chi connectivity index (χ3v) is 4.99. The van der Waals surface area contributed by atoms with Gasteiger partial charge in [0.25, 0.3) is 0 Å². The van der Waals surface area contributed by atoms with Crippen LogP contribution in [-0.2, 0) is 25.5 Å². The van der Waals surface area contributed by atoms with Crippen molar-refractivity contribution >= 4 is 32.4 Å². The molecule has 0 N–H and O–H groups in total. The van der Waals surface area contributed by atoms with Gasteiger partial charge < -0.3 is 4.98 Å². The zero-order chi connectivity index (χ0) is 14.2. The maximum Gasteiger partial charge on any atom is 0.0161 e. The molecule has 22 heavy (non-hydrogen) atoms. The molecule has 0 aliphatic heterocycles. The molecule has 1 aromatic heterocycles. The summed E-state index contributed by atoms with van der Waals surface area (Å²) in [6.45, 7) is 4.63. The van der Waals surface area contributed by atoms with Gasteiger partial charge in [-0.15, -0.1) is 29.1 Å². The maximum atomic E-state index is 4.64. The van der Waals surface area contributed by atoms with Crippen LogP contribution >= 0.6 is 0 Å². The van der Waals surface area contributed by atoms with Crippen molar-refractivity contribution in [2.45, 2.75) is 19.3 Å². The van der Waals surface area contributed by atoms with E-state index in [9.17, 15) is 0 Å². The fraction of sp³-hybridized carbons (Fsp3) is 0.150. The normalized spacial score (nSPS) is 14.8. The first-order chi connectivity index (χ1) is 10.2. The largest absolute Gasteiger partial charge is 0.304 e. The van der Waals surface area contributed by atoms with Gasteiger partial charge in [0.2, 0.25) is 0 Å². The number of hydrogen-bond acceptors (Lipinski definition) is 1. The summed E-state index contributed by atoms with van der Waals surface area (Å²) in [5.41, 5.74) is 3.93. The van der Waals surface area contributed by atoms with E-state index in [0.717, 1.165) is 10.9 Å². The Morgan fingerprint density at radius 1 is 0.909 bits per heavy atom. The number of rotatable bonds is 0. The van der Waals surface area contributed by atoms with Crippen LogP contribution in [0.5, 0.6) is 0 Å². The van der Waals surface area contributed by atoms with Gasteiger partial charge in [-0.1, -0.05) is 43.5 Å². The Hall–Kier alpha value is -1.76. The first-order valence-corrected chi connectivity index (χ1v) is 7.34. The van der Waals surface area contributed by atoms with Crippen LogP contribution in [0.3, 0.4) is 0 Å². The molecule has 0 fully saturated rings. The molecule has 1 aliphatic rings. The molecule has 0 spiro atoms. The van der Waals surface area contributed by atoms with E-state index in [1.807, 2.05) is 18.3 Å². The number of hydrogen-bond donors (Lipinski definition) is 0. The van der Waals surface area contributed by atoms with Gasteiger partial charge in [-0.2, -0.15) is 0 Å². The van der Waals surface area contributed by atoms with E-state index in [2.05, 4.69) is 55.2 Å². The Kier molecular flexibility index (Phi) is 2.76. The standard InChI is InChI=1S/C20H14N.Ir/c1-20(2)15-9-3-6-12-13-8-5-11-21-19(13)14-7-4-10-16(20)18(14)17(12)15;/h3-6,8-11H,1-2H3;/q-1;. The van der Waals surface area contributed by atoms with Gasteiger partial charge in [-0.25, -0.2) is 0 Å². The van der Waals surface area contributed by atoms with Gasteiger partial charge in [-0.3, -0.25) is 0 Å². The first-order valence-electron chi connectivity index (χ1n) is 7.34. The van der Waals surface area contributed by atoms with Crippen molar-refractivity contribution in [2.75, 3.05) is 0 Å². The molecule has 1 nitrogen and oxygen atoms in total. The predicted molar refractivity (Wildman–Crippen MR) is 87.7 cm³/mol. The summed E-state index contributed by atoms with van der Waals surface area (Å²) in [7, 11) is 0. The zero-order valence-electron chi connectivity index (χ0n) is 12.4. The van der Waals surface area contributed by atoms with Crippen molar-refractivity contribution in [1.82, 2.24) is 4.98 Å². The van der Waals surface area contributed by atoms with Crippen LogP contribution < -0.4 is 0 Å². The molecule has 0 saturated heterocycles. The third kappa shape index (κ3) is 1.45. The van der Waals surface area contributed by atoms with E-state index in [4.69, 9.17) is 0 Å². The molecule has 109 valence electrons. The zero-order valence-corrected chi connectivity index (χ0v) is 14.8. The van der Waals surface area contributed by atoms with Gasteiger partial charge >= 0.3 is 0 Å².